The molecule has 0 spiro atoms. The third-order valence-electron chi connectivity index (χ3n) is 3.42. The fraction of sp³-hybridized carbons (Fsp3) is 0.429. The van der Waals surface area contributed by atoms with Crippen molar-refractivity contribution in [3.63, 3.8) is 0 Å². The fourth-order valence-corrected chi connectivity index (χ4v) is 2.38. The van der Waals surface area contributed by atoms with Gasteiger partial charge in [0.2, 0.25) is 11.8 Å². The molecule has 1 aromatic rings. The minimum atomic E-state index is -0.528. The van der Waals surface area contributed by atoms with Gasteiger partial charge in [0, 0.05) is 19.0 Å². The van der Waals surface area contributed by atoms with Gasteiger partial charge in [0.05, 0.1) is 14.2 Å². The molecular weight excluding hydrogens is 260 g/mol. The van der Waals surface area contributed by atoms with Crippen molar-refractivity contribution in [1.82, 2.24) is 4.90 Å². The first-order chi connectivity index (χ1) is 9.55. The van der Waals surface area contributed by atoms with Gasteiger partial charge in [-0.15, -0.1) is 0 Å². The molecule has 1 atom stereocenters. The average Bonchev–Trinajstić information content (AvgIpc) is 2.80. The summed E-state index contributed by atoms with van der Waals surface area (Å²) in [4.78, 5) is 24.7. The first-order valence-electron chi connectivity index (χ1n) is 6.36. The zero-order valence-electron chi connectivity index (χ0n) is 11.6. The number of carbonyl (C=O) groups is 2. The van der Waals surface area contributed by atoms with Crippen molar-refractivity contribution < 1.29 is 19.1 Å². The van der Waals surface area contributed by atoms with Crippen molar-refractivity contribution in [3.8, 4) is 11.5 Å². The van der Waals surface area contributed by atoms with Gasteiger partial charge >= 0.3 is 0 Å². The standard InChI is InChI=1S/C14H18N2O4/c1-19-10-5-9(6-11(7-10)20-2)8-16-12(14(15)18)3-4-13(16)17/h5-7,12H,3-4,8H2,1-2H3,(H2,15,18). The molecular formula is C14H18N2O4. The Bertz CT molecular complexity index is 508. The van der Waals surface area contributed by atoms with Crippen LogP contribution in [0.25, 0.3) is 0 Å². The van der Waals surface area contributed by atoms with E-state index in [1.807, 2.05) is 12.1 Å². The van der Waals surface area contributed by atoms with E-state index in [2.05, 4.69) is 0 Å². The van der Waals surface area contributed by atoms with Crippen LogP contribution in [-0.4, -0.2) is 37.0 Å². The molecule has 2 amide bonds. The molecule has 2 N–H and O–H groups in total. The number of methoxy groups -OCH3 is 2. The molecule has 20 heavy (non-hydrogen) atoms. The summed E-state index contributed by atoms with van der Waals surface area (Å²) >= 11 is 0. The molecule has 1 fully saturated rings. The zero-order valence-corrected chi connectivity index (χ0v) is 11.6. The van der Waals surface area contributed by atoms with Crippen molar-refractivity contribution in [3.05, 3.63) is 23.8 Å². The number of likely N-dealkylation sites (tertiary alicyclic amines) is 1. The lowest BCUT2D eigenvalue weighted by atomic mass is 10.1. The summed E-state index contributed by atoms with van der Waals surface area (Å²) in [5, 5.41) is 0. The largest absolute Gasteiger partial charge is 0.497 e. The number of benzene rings is 1. The molecule has 6 nitrogen and oxygen atoms in total. The van der Waals surface area contributed by atoms with Crippen molar-refractivity contribution in [2.75, 3.05) is 14.2 Å². The lowest BCUT2D eigenvalue weighted by Gasteiger charge is -2.22. The van der Waals surface area contributed by atoms with Gasteiger partial charge in [-0.2, -0.15) is 0 Å². The maximum atomic E-state index is 11.9. The molecule has 1 aromatic carbocycles. The van der Waals surface area contributed by atoms with Gasteiger partial charge in [-0.3, -0.25) is 9.59 Å². The molecule has 1 aliphatic rings. The number of ether oxygens (including phenoxy) is 2. The van der Waals surface area contributed by atoms with Crippen LogP contribution in [0.15, 0.2) is 18.2 Å². The molecule has 0 aromatic heterocycles. The van der Waals surface area contributed by atoms with Crippen molar-refractivity contribution >= 4 is 11.8 Å². The van der Waals surface area contributed by atoms with E-state index in [1.54, 1.807) is 20.3 Å². The van der Waals surface area contributed by atoms with E-state index in [0.29, 0.717) is 30.9 Å². The second kappa shape index (κ2) is 5.81. The summed E-state index contributed by atoms with van der Waals surface area (Å²) in [7, 11) is 3.12. The summed E-state index contributed by atoms with van der Waals surface area (Å²) < 4.78 is 10.4. The quantitative estimate of drug-likeness (QED) is 0.858. The maximum absolute atomic E-state index is 11.9. The lowest BCUT2D eigenvalue weighted by molar-refractivity contribution is -0.134. The Balaban J connectivity index is 2.24. The Morgan fingerprint density at radius 3 is 2.40 bits per heavy atom. The number of primary amides is 1. The van der Waals surface area contributed by atoms with E-state index in [1.165, 1.54) is 4.90 Å². The number of hydrogen-bond acceptors (Lipinski definition) is 4. The van der Waals surface area contributed by atoms with Crippen LogP contribution >= 0.6 is 0 Å². The van der Waals surface area contributed by atoms with Gasteiger partial charge in [-0.25, -0.2) is 0 Å². The second-order valence-electron chi connectivity index (χ2n) is 4.70. The first-order valence-corrected chi connectivity index (χ1v) is 6.36. The molecule has 1 aliphatic heterocycles. The van der Waals surface area contributed by atoms with Crippen LogP contribution in [-0.2, 0) is 16.1 Å². The minimum absolute atomic E-state index is 0.0596. The van der Waals surface area contributed by atoms with Gasteiger partial charge in [0.1, 0.15) is 17.5 Å². The number of rotatable bonds is 5. The Kier molecular flexibility index (Phi) is 4.12. The highest BCUT2D eigenvalue weighted by molar-refractivity contribution is 5.90. The predicted octanol–water partition coefficient (Wildman–Crippen LogP) is 0.680. The lowest BCUT2D eigenvalue weighted by Crippen LogP contribution is -2.41. The molecule has 1 unspecified atom stereocenters. The van der Waals surface area contributed by atoms with E-state index in [0.717, 1.165) is 5.56 Å². The molecule has 0 saturated carbocycles. The molecule has 0 bridgehead atoms. The van der Waals surface area contributed by atoms with Crippen molar-refractivity contribution in [1.29, 1.82) is 0 Å². The van der Waals surface area contributed by atoms with Gasteiger partial charge in [-0.1, -0.05) is 0 Å². The Hall–Kier alpha value is -2.24. The highest BCUT2D eigenvalue weighted by atomic mass is 16.5. The SMILES string of the molecule is COc1cc(CN2C(=O)CCC2C(N)=O)cc(OC)c1. The van der Waals surface area contributed by atoms with Crippen LogP contribution in [0, 0.1) is 0 Å². The zero-order chi connectivity index (χ0) is 14.7. The van der Waals surface area contributed by atoms with Crippen LogP contribution in [0.4, 0.5) is 0 Å². The smallest absolute Gasteiger partial charge is 0.240 e. The predicted molar refractivity (Wildman–Crippen MR) is 72.3 cm³/mol. The topological polar surface area (TPSA) is 81.9 Å². The van der Waals surface area contributed by atoms with E-state index in [-0.39, 0.29) is 5.91 Å². The molecule has 108 valence electrons. The minimum Gasteiger partial charge on any atom is -0.497 e. The monoisotopic (exact) mass is 278 g/mol. The van der Waals surface area contributed by atoms with Gasteiger partial charge < -0.3 is 20.1 Å². The highest BCUT2D eigenvalue weighted by Gasteiger charge is 2.34. The number of nitrogens with zero attached hydrogens (tertiary/aromatic N) is 1. The molecule has 2 rings (SSSR count). The molecule has 6 heteroatoms. The van der Waals surface area contributed by atoms with E-state index in [4.69, 9.17) is 15.2 Å². The Morgan fingerprint density at radius 2 is 1.90 bits per heavy atom. The first kappa shape index (κ1) is 14.2. The highest BCUT2D eigenvalue weighted by Crippen LogP contribution is 2.26. The number of hydrogen-bond donors (Lipinski definition) is 1. The average molecular weight is 278 g/mol. The summed E-state index contributed by atoms with van der Waals surface area (Å²) in [5.41, 5.74) is 6.17. The third kappa shape index (κ3) is 2.84. The number of nitrogens with two attached hydrogens (primary N) is 1. The van der Waals surface area contributed by atoms with Gasteiger partial charge in [0.25, 0.3) is 0 Å². The summed E-state index contributed by atoms with van der Waals surface area (Å²) in [5.74, 6) is 0.754. The number of amides is 2. The second-order valence-corrected chi connectivity index (χ2v) is 4.70. The van der Waals surface area contributed by atoms with E-state index >= 15 is 0 Å². The van der Waals surface area contributed by atoms with Crippen LogP contribution in [0.5, 0.6) is 11.5 Å². The molecule has 0 aliphatic carbocycles. The van der Waals surface area contributed by atoms with Crippen LogP contribution in [0.3, 0.4) is 0 Å². The summed E-state index contributed by atoms with van der Waals surface area (Å²) in [6, 6.07) is 4.85. The van der Waals surface area contributed by atoms with E-state index in [9.17, 15) is 9.59 Å². The molecule has 1 saturated heterocycles. The van der Waals surface area contributed by atoms with Crippen LogP contribution < -0.4 is 15.2 Å². The van der Waals surface area contributed by atoms with Crippen LogP contribution in [0.1, 0.15) is 18.4 Å². The molecule has 1 heterocycles. The summed E-state index contributed by atoms with van der Waals surface area (Å²) in [6.07, 6.45) is 0.837. The number of carbonyl (C=O) groups excluding carboxylic acids is 2. The third-order valence-corrected chi connectivity index (χ3v) is 3.42. The van der Waals surface area contributed by atoms with Gasteiger partial charge in [0.15, 0.2) is 0 Å². The fourth-order valence-electron chi connectivity index (χ4n) is 2.38. The van der Waals surface area contributed by atoms with Crippen molar-refractivity contribution in [2.45, 2.75) is 25.4 Å². The molecule has 0 radical (unpaired) electrons. The van der Waals surface area contributed by atoms with Crippen LogP contribution in [0.2, 0.25) is 0 Å². The summed E-state index contributed by atoms with van der Waals surface area (Å²) in [6.45, 7) is 0.319. The maximum Gasteiger partial charge on any atom is 0.240 e. The Labute approximate surface area is 117 Å². The normalized spacial score (nSPS) is 18.2. The van der Waals surface area contributed by atoms with E-state index < -0.39 is 11.9 Å². The Morgan fingerprint density at radius 1 is 1.30 bits per heavy atom. The van der Waals surface area contributed by atoms with Crippen molar-refractivity contribution in [2.24, 2.45) is 5.73 Å². The van der Waals surface area contributed by atoms with Gasteiger partial charge in [-0.05, 0) is 24.1 Å².